The van der Waals surface area contributed by atoms with Gasteiger partial charge in [-0.2, -0.15) is 10.5 Å². The van der Waals surface area contributed by atoms with Gasteiger partial charge in [0.2, 0.25) is 5.91 Å². The Morgan fingerprint density at radius 1 is 1.21 bits per heavy atom. The number of nitrogens with zero attached hydrogens (tertiary/aromatic N) is 6. The fourth-order valence-corrected chi connectivity index (χ4v) is 2.91. The molecule has 2 rings (SSSR count). The van der Waals surface area contributed by atoms with Gasteiger partial charge >= 0.3 is 0 Å². The minimum atomic E-state index is -0.212. The van der Waals surface area contributed by atoms with E-state index in [9.17, 15) is 4.79 Å². The van der Waals surface area contributed by atoms with Crippen molar-refractivity contribution in [2.75, 3.05) is 18.8 Å². The van der Waals surface area contributed by atoms with Crippen molar-refractivity contribution in [3.8, 4) is 23.5 Å². The number of carbonyl (C=O) groups is 1. The highest BCUT2D eigenvalue weighted by atomic mass is 32.2. The molecule has 0 unspecified atom stereocenters. The van der Waals surface area contributed by atoms with E-state index in [-0.39, 0.29) is 25.4 Å². The van der Waals surface area contributed by atoms with Gasteiger partial charge < -0.3 is 9.47 Å². The summed E-state index contributed by atoms with van der Waals surface area (Å²) in [5, 5.41) is 26.4. The fourth-order valence-electron chi connectivity index (χ4n) is 2.07. The smallest absolute Gasteiger partial charge is 0.225 e. The Bertz CT molecular complexity index is 758. The molecular weight excluding hydrogens is 324 g/mol. The Morgan fingerprint density at radius 2 is 1.88 bits per heavy atom. The monoisotopic (exact) mass is 340 g/mol. The van der Waals surface area contributed by atoms with E-state index in [4.69, 9.17) is 10.5 Å². The molecule has 0 bridgehead atoms. The van der Waals surface area contributed by atoms with Crippen LogP contribution in [0.1, 0.15) is 6.42 Å². The number of amides is 1. The van der Waals surface area contributed by atoms with E-state index in [1.807, 2.05) is 54.1 Å². The number of carbonyl (C=O) groups excluding carboxylic acids is 1. The first kappa shape index (κ1) is 17.5. The lowest BCUT2D eigenvalue weighted by atomic mass is 10.2. The van der Waals surface area contributed by atoms with Crippen LogP contribution >= 0.6 is 11.8 Å². The zero-order chi connectivity index (χ0) is 17.4. The third kappa shape index (κ3) is 4.34. The largest absolute Gasteiger partial charge is 0.316 e. The van der Waals surface area contributed by atoms with Gasteiger partial charge in [0, 0.05) is 24.8 Å². The van der Waals surface area contributed by atoms with Gasteiger partial charge in [0.1, 0.15) is 13.1 Å². The number of rotatable bonds is 7. The molecule has 0 saturated carbocycles. The summed E-state index contributed by atoms with van der Waals surface area (Å²) < 4.78 is 1.88. The second-order valence-electron chi connectivity index (χ2n) is 4.90. The predicted molar refractivity (Wildman–Crippen MR) is 89.6 cm³/mol. The first-order valence-corrected chi connectivity index (χ1v) is 8.25. The van der Waals surface area contributed by atoms with Crippen molar-refractivity contribution in [1.82, 2.24) is 19.7 Å². The van der Waals surface area contributed by atoms with Crippen LogP contribution in [0.15, 0.2) is 35.5 Å². The summed E-state index contributed by atoms with van der Waals surface area (Å²) in [5.41, 5.74) is 0.977. The molecule has 24 heavy (non-hydrogen) atoms. The van der Waals surface area contributed by atoms with Crippen LogP contribution in [0.5, 0.6) is 0 Å². The Kier molecular flexibility index (Phi) is 6.35. The summed E-state index contributed by atoms with van der Waals surface area (Å²) in [6.45, 7) is -0.141. The highest BCUT2D eigenvalue weighted by molar-refractivity contribution is 7.99. The van der Waals surface area contributed by atoms with Gasteiger partial charge in [0.05, 0.1) is 12.1 Å². The van der Waals surface area contributed by atoms with Gasteiger partial charge in [0.15, 0.2) is 11.0 Å². The molecule has 0 N–H and O–H groups in total. The maximum absolute atomic E-state index is 12.0. The zero-order valence-corrected chi connectivity index (χ0v) is 14.0. The molecular formula is C16H16N6OS. The number of hydrogen-bond donors (Lipinski definition) is 0. The molecule has 0 radical (unpaired) electrons. The number of nitriles is 2. The van der Waals surface area contributed by atoms with Crippen LogP contribution in [-0.2, 0) is 11.8 Å². The lowest BCUT2D eigenvalue weighted by molar-refractivity contribution is -0.129. The van der Waals surface area contributed by atoms with E-state index in [0.29, 0.717) is 10.9 Å². The van der Waals surface area contributed by atoms with E-state index < -0.39 is 0 Å². The molecule has 0 fully saturated rings. The van der Waals surface area contributed by atoms with Gasteiger partial charge in [-0.1, -0.05) is 42.1 Å². The summed E-state index contributed by atoms with van der Waals surface area (Å²) in [5.74, 6) is 1.06. The molecule has 0 aliphatic heterocycles. The van der Waals surface area contributed by atoms with Crippen LogP contribution in [0.2, 0.25) is 0 Å². The van der Waals surface area contributed by atoms with E-state index in [0.717, 1.165) is 11.4 Å². The molecule has 0 spiro atoms. The second kappa shape index (κ2) is 8.70. The van der Waals surface area contributed by atoms with Crippen LogP contribution in [0.25, 0.3) is 11.4 Å². The maximum Gasteiger partial charge on any atom is 0.225 e. The third-order valence-electron chi connectivity index (χ3n) is 3.29. The van der Waals surface area contributed by atoms with Crippen molar-refractivity contribution < 1.29 is 4.79 Å². The van der Waals surface area contributed by atoms with Crippen molar-refractivity contribution in [2.45, 2.75) is 11.6 Å². The van der Waals surface area contributed by atoms with Crippen molar-refractivity contribution >= 4 is 17.7 Å². The molecule has 2 aromatic rings. The lowest BCUT2D eigenvalue weighted by Gasteiger charge is -2.15. The molecule has 122 valence electrons. The zero-order valence-electron chi connectivity index (χ0n) is 13.2. The Hall–Kier alpha value is -2.84. The van der Waals surface area contributed by atoms with Gasteiger partial charge in [0.25, 0.3) is 0 Å². The molecule has 1 amide bonds. The van der Waals surface area contributed by atoms with Crippen LogP contribution in [0.4, 0.5) is 0 Å². The van der Waals surface area contributed by atoms with Crippen molar-refractivity contribution in [2.24, 2.45) is 7.05 Å². The van der Waals surface area contributed by atoms with E-state index in [1.54, 1.807) is 0 Å². The normalized spacial score (nSPS) is 9.96. The number of aromatic nitrogens is 3. The van der Waals surface area contributed by atoms with Crippen LogP contribution < -0.4 is 0 Å². The molecule has 0 aliphatic carbocycles. The molecule has 1 aromatic carbocycles. The average molecular weight is 340 g/mol. The van der Waals surface area contributed by atoms with Crippen LogP contribution in [0.3, 0.4) is 0 Å². The van der Waals surface area contributed by atoms with Gasteiger partial charge in [-0.05, 0) is 0 Å². The summed E-state index contributed by atoms with van der Waals surface area (Å²) in [6, 6.07) is 13.5. The van der Waals surface area contributed by atoms with Crippen molar-refractivity contribution in [3.05, 3.63) is 30.3 Å². The minimum Gasteiger partial charge on any atom is -0.316 e. The summed E-state index contributed by atoms with van der Waals surface area (Å²) >= 11 is 1.42. The molecule has 1 aromatic heterocycles. The Morgan fingerprint density at radius 3 is 2.50 bits per heavy atom. The molecule has 0 aliphatic rings. The van der Waals surface area contributed by atoms with Gasteiger partial charge in [-0.3, -0.25) is 4.79 Å². The number of hydrogen-bond acceptors (Lipinski definition) is 6. The van der Waals surface area contributed by atoms with Crippen molar-refractivity contribution in [1.29, 1.82) is 10.5 Å². The highest BCUT2D eigenvalue weighted by Gasteiger charge is 2.15. The second-order valence-corrected chi connectivity index (χ2v) is 5.96. The molecule has 0 saturated heterocycles. The lowest BCUT2D eigenvalue weighted by Crippen LogP contribution is -2.31. The topological polar surface area (TPSA) is 98.6 Å². The average Bonchev–Trinajstić information content (AvgIpc) is 2.96. The van der Waals surface area contributed by atoms with Gasteiger partial charge in [-0.25, -0.2) is 0 Å². The molecule has 0 atom stereocenters. The van der Waals surface area contributed by atoms with Crippen LogP contribution in [0, 0.1) is 22.7 Å². The van der Waals surface area contributed by atoms with Gasteiger partial charge in [-0.15, -0.1) is 10.2 Å². The highest BCUT2D eigenvalue weighted by Crippen LogP contribution is 2.22. The molecule has 1 heterocycles. The third-order valence-corrected chi connectivity index (χ3v) is 4.31. The number of thioether (sulfide) groups is 1. The number of benzene rings is 1. The van der Waals surface area contributed by atoms with Crippen LogP contribution in [-0.4, -0.2) is 44.4 Å². The summed E-state index contributed by atoms with van der Waals surface area (Å²) in [7, 11) is 1.88. The predicted octanol–water partition coefficient (Wildman–Crippen LogP) is 1.84. The Labute approximate surface area is 144 Å². The van der Waals surface area contributed by atoms with E-state index >= 15 is 0 Å². The van der Waals surface area contributed by atoms with Crippen molar-refractivity contribution in [3.63, 3.8) is 0 Å². The SMILES string of the molecule is Cn1c(SCCC(=O)N(CC#N)CC#N)nnc1-c1ccccc1. The maximum atomic E-state index is 12.0. The molecule has 8 heteroatoms. The van der Waals surface area contributed by atoms with E-state index in [1.165, 1.54) is 16.7 Å². The standard InChI is InChI=1S/C16H16N6OS/c1-21-15(13-5-3-2-4-6-13)19-20-16(21)24-12-7-14(23)22(10-8-17)11-9-18/h2-6H,7,10-12H2,1H3. The summed E-state index contributed by atoms with van der Waals surface area (Å²) in [6.07, 6.45) is 0.238. The molecule has 7 nitrogen and oxygen atoms in total. The first-order chi connectivity index (χ1) is 11.7. The fraction of sp³-hybridized carbons (Fsp3) is 0.312. The minimum absolute atomic E-state index is 0.0703. The first-order valence-electron chi connectivity index (χ1n) is 7.26. The summed E-state index contributed by atoms with van der Waals surface area (Å²) in [4.78, 5) is 13.2. The Balaban J connectivity index is 1.94. The quantitative estimate of drug-likeness (QED) is 0.563. The van der Waals surface area contributed by atoms with E-state index in [2.05, 4.69) is 10.2 Å².